The van der Waals surface area contributed by atoms with Crippen molar-refractivity contribution in [3.05, 3.63) is 47.5 Å². The topological polar surface area (TPSA) is 47.6 Å². The molecular weight excluding hydrogens is 322 g/mol. The zero-order valence-electron chi connectivity index (χ0n) is 14.1. The molecular formula is C19H21NO3S. The SMILES string of the molecule is Cc1ccc(S[C@H](C)C(=O)Nc2ccc3c(c2)OCCO3)c(C)c1. The normalized spacial score (nSPS) is 14.1. The summed E-state index contributed by atoms with van der Waals surface area (Å²) in [5.41, 5.74) is 3.14. The molecule has 1 N–H and O–H groups in total. The summed E-state index contributed by atoms with van der Waals surface area (Å²) in [7, 11) is 0. The van der Waals surface area contributed by atoms with E-state index in [0.29, 0.717) is 19.0 Å². The largest absolute Gasteiger partial charge is 0.486 e. The highest BCUT2D eigenvalue weighted by Crippen LogP contribution is 2.33. The summed E-state index contributed by atoms with van der Waals surface area (Å²) in [4.78, 5) is 13.6. The summed E-state index contributed by atoms with van der Waals surface area (Å²) in [6.45, 7) is 7.14. The Hall–Kier alpha value is -2.14. The van der Waals surface area contributed by atoms with Crippen LogP contribution in [0.5, 0.6) is 11.5 Å². The van der Waals surface area contributed by atoms with Crippen molar-refractivity contribution in [3.63, 3.8) is 0 Å². The van der Waals surface area contributed by atoms with E-state index in [2.05, 4.69) is 37.4 Å². The molecule has 126 valence electrons. The lowest BCUT2D eigenvalue weighted by Gasteiger charge is -2.19. The monoisotopic (exact) mass is 343 g/mol. The Labute approximate surface area is 146 Å². The van der Waals surface area contributed by atoms with Crippen LogP contribution >= 0.6 is 11.8 Å². The van der Waals surface area contributed by atoms with Crippen LogP contribution in [0.4, 0.5) is 5.69 Å². The Balaban J connectivity index is 1.65. The summed E-state index contributed by atoms with van der Waals surface area (Å²) >= 11 is 1.57. The van der Waals surface area contributed by atoms with E-state index in [1.54, 1.807) is 17.8 Å². The van der Waals surface area contributed by atoms with Crippen LogP contribution in [0.25, 0.3) is 0 Å². The quantitative estimate of drug-likeness (QED) is 0.846. The molecule has 0 saturated heterocycles. The van der Waals surface area contributed by atoms with Gasteiger partial charge in [0.25, 0.3) is 0 Å². The average Bonchev–Trinajstić information content (AvgIpc) is 2.57. The molecule has 0 spiro atoms. The Morgan fingerprint density at radius 2 is 1.83 bits per heavy atom. The van der Waals surface area contributed by atoms with Crippen LogP contribution in [0.1, 0.15) is 18.1 Å². The van der Waals surface area contributed by atoms with Crippen molar-refractivity contribution in [2.75, 3.05) is 18.5 Å². The molecule has 3 rings (SSSR count). The number of fused-ring (bicyclic) bond motifs is 1. The summed E-state index contributed by atoms with van der Waals surface area (Å²) in [5, 5.41) is 2.75. The predicted molar refractivity (Wildman–Crippen MR) is 97.3 cm³/mol. The van der Waals surface area contributed by atoms with E-state index >= 15 is 0 Å². The zero-order chi connectivity index (χ0) is 17.1. The molecule has 24 heavy (non-hydrogen) atoms. The second-order valence-electron chi connectivity index (χ2n) is 5.88. The summed E-state index contributed by atoms with van der Waals surface area (Å²) in [5.74, 6) is 1.36. The van der Waals surface area contributed by atoms with Crippen LogP contribution in [0.2, 0.25) is 0 Å². The third-order valence-electron chi connectivity index (χ3n) is 3.81. The third-order valence-corrected chi connectivity index (χ3v) is 5.09. The van der Waals surface area contributed by atoms with Crippen LogP contribution in [0.15, 0.2) is 41.3 Å². The number of carbonyl (C=O) groups excluding carboxylic acids is 1. The van der Waals surface area contributed by atoms with Crippen molar-refractivity contribution < 1.29 is 14.3 Å². The molecule has 1 heterocycles. The summed E-state index contributed by atoms with van der Waals surface area (Å²) in [6.07, 6.45) is 0. The van der Waals surface area contributed by atoms with E-state index in [9.17, 15) is 4.79 Å². The highest BCUT2D eigenvalue weighted by Gasteiger charge is 2.17. The number of thioether (sulfide) groups is 1. The number of hydrogen-bond acceptors (Lipinski definition) is 4. The summed E-state index contributed by atoms with van der Waals surface area (Å²) in [6, 6.07) is 11.7. The third kappa shape index (κ3) is 3.85. The summed E-state index contributed by atoms with van der Waals surface area (Å²) < 4.78 is 11.0. The molecule has 1 aliphatic heterocycles. The molecule has 0 aromatic heterocycles. The fourth-order valence-corrected chi connectivity index (χ4v) is 3.48. The highest BCUT2D eigenvalue weighted by molar-refractivity contribution is 8.00. The lowest BCUT2D eigenvalue weighted by molar-refractivity contribution is -0.115. The molecule has 0 fully saturated rings. The van der Waals surface area contributed by atoms with Gasteiger partial charge in [0.2, 0.25) is 5.91 Å². The first-order chi connectivity index (χ1) is 11.5. The van der Waals surface area contributed by atoms with Gasteiger partial charge in [-0.1, -0.05) is 17.7 Å². The van der Waals surface area contributed by atoms with Crippen LogP contribution in [-0.2, 0) is 4.79 Å². The van der Waals surface area contributed by atoms with E-state index < -0.39 is 0 Å². The van der Waals surface area contributed by atoms with Crippen molar-refractivity contribution in [1.29, 1.82) is 0 Å². The van der Waals surface area contributed by atoms with Crippen molar-refractivity contribution in [1.82, 2.24) is 0 Å². The van der Waals surface area contributed by atoms with Crippen LogP contribution in [0.3, 0.4) is 0 Å². The lowest BCUT2D eigenvalue weighted by atomic mass is 10.2. The number of rotatable bonds is 4. The van der Waals surface area contributed by atoms with Crippen molar-refractivity contribution in [2.24, 2.45) is 0 Å². The fourth-order valence-electron chi connectivity index (χ4n) is 2.54. The molecule has 0 saturated carbocycles. The predicted octanol–water partition coefficient (Wildman–Crippen LogP) is 4.19. The second kappa shape index (κ2) is 7.18. The number of nitrogens with one attached hydrogen (secondary N) is 1. The molecule has 5 heteroatoms. The molecule has 0 aliphatic carbocycles. The molecule has 1 amide bonds. The van der Waals surface area contributed by atoms with E-state index in [4.69, 9.17) is 9.47 Å². The Kier molecular flexibility index (Phi) is 5.00. The van der Waals surface area contributed by atoms with E-state index in [-0.39, 0.29) is 11.2 Å². The second-order valence-corrected chi connectivity index (χ2v) is 7.26. The smallest absolute Gasteiger partial charge is 0.237 e. The van der Waals surface area contributed by atoms with Gasteiger partial charge < -0.3 is 14.8 Å². The molecule has 1 atom stereocenters. The molecule has 0 radical (unpaired) electrons. The highest BCUT2D eigenvalue weighted by atomic mass is 32.2. The minimum absolute atomic E-state index is 0.0309. The van der Waals surface area contributed by atoms with Gasteiger partial charge in [0.15, 0.2) is 11.5 Å². The van der Waals surface area contributed by atoms with Gasteiger partial charge in [-0.3, -0.25) is 4.79 Å². The van der Waals surface area contributed by atoms with Gasteiger partial charge in [-0.15, -0.1) is 11.8 Å². The number of ether oxygens (including phenoxy) is 2. The van der Waals surface area contributed by atoms with Crippen LogP contribution in [-0.4, -0.2) is 24.4 Å². The van der Waals surface area contributed by atoms with Crippen LogP contribution < -0.4 is 14.8 Å². The van der Waals surface area contributed by atoms with Gasteiger partial charge in [-0.05, 0) is 44.5 Å². The minimum Gasteiger partial charge on any atom is -0.486 e. The molecule has 1 aliphatic rings. The minimum atomic E-state index is -0.195. The number of amides is 1. The number of benzene rings is 2. The standard InChI is InChI=1S/C19H21NO3S/c1-12-4-7-18(13(2)10-12)24-14(3)19(21)20-15-5-6-16-17(11-15)23-9-8-22-16/h4-7,10-11,14H,8-9H2,1-3H3,(H,20,21)/t14-/m1/s1. The number of hydrogen-bond donors (Lipinski definition) is 1. The van der Waals surface area contributed by atoms with Crippen molar-refractivity contribution in [2.45, 2.75) is 30.9 Å². The first kappa shape index (κ1) is 16.7. The fraction of sp³-hybridized carbons (Fsp3) is 0.316. The maximum atomic E-state index is 12.5. The van der Waals surface area contributed by atoms with E-state index in [1.807, 2.05) is 19.1 Å². The Bertz CT molecular complexity index is 760. The van der Waals surface area contributed by atoms with E-state index in [1.165, 1.54) is 11.1 Å². The Morgan fingerprint density at radius 1 is 1.08 bits per heavy atom. The Morgan fingerprint density at radius 3 is 2.58 bits per heavy atom. The number of aryl methyl sites for hydroxylation is 2. The van der Waals surface area contributed by atoms with Gasteiger partial charge in [0.1, 0.15) is 13.2 Å². The van der Waals surface area contributed by atoms with Crippen molar-refractivity contribution in [3.8, 4) is 11.5 Å². The maximum absolute atomic E-state index is 12.5. The van der Waals surface area contributed by atoms with Gasteiger partial charge in [-0.25, -0.2) is 0 Å². The van der Waals surface area contributed by atoms with Crippen molar-refractivity contribution >= 4 is 23.4 Å². The number of anilines is 1. The first-order valence-corrected chi connectivity index (χ1v) is 8.85. The lowest BCUT2D eigenvalue weighted by Crippen LogP contribution is -2.22. The average molecular weight is 343 g/mol. The molecule has 0 unspecified atom stereocenters. The molecule has 0 bridgehead atoms. The molecule has 4 nitrogen and oxygen atoms in total. The van der Waals surface area contributed by atoms with E-state index in [0.717, 1.165) is 16.3 Å². The van der Waals surface area contributed by atoms with Gasteiger partial charge in [0.05, 0.1) is 5.25 Å². The maximum Gasteiger partial charge on any atom is 0.237 e. The zero-order valence-corrected chi connectivity index (χ0v) is 14.9. The number of carbonyl (C=O) groups is 1. The van der Waals surface area contributed by atoms with Crippen LogP contribution in [0, 0.1) is 13.8 Å². The molecule has 2 aromatic rings. The van der Waals surface area contributed by atoms with Gasteiger partial charge in [0, 0.05) is 16.6 Å². The van der Waals surface area contributed by atoms with Gasteiger partial charge in [-0.2, -0.15) is 0 Å². The van der Waals surface area contributed by atoms with Gasteiger partial charge >= 0.3 is 0 Å². The first-order valence-electron chi connectivity index (χ1n) is 7.97. The molecule has 2 aromatic carbocycles.